The van der Waals surface area contributed by atoms with Gasteiger partial charge in [0.2, 0.25) is 5.88 Å². The Morgan fingerprint density at radius 3 is 2.75 bits per heavy atom. The van der Waals surface area contributed by atoms with Crippen molar-refractivity contribution in [1.29, 1.82) is 0 Å². The van der Waals surface area contributed by atoms with E-state index in [1.807, 2.05) is 0 Å². The number of pyridine rings is 1. The standard InChI is InChI=1S/C17H28N2O/c1-4-15-10-14(12-18-5-2)11-17(19-15)20-16-9-7-6-8-13(16)3/h10-11,13,16,18H,4-9,12H2,1-3H3. The second-order valence-corrected chi connectivity index (χ2v) is 5.86. The van der Waals surface area contributed by atoms with Crippen molar-refractivity contribution < 1.29 is 4.74 Å². The summed E-state index contributed by atoms with van der Waals surface area (Å²) in [7, 11) is 0. The van der Waals surface area contributed by atoms with Gasteiger partial charge >= 0.3 is 0 Å². The van der Waals surface area contributed by atoms with E-state index in [0.29, 0.717) is 12.0 Å². The van der Waals surface area contributed by atoms with Gasteiger partial charge in [-0.3, -0.25) is 0 Å². The van der Waals surface area contributed by atoms with Crippen LogP contribution in [0.25, 0.3) is 0 Å². The van der Waals surface area contributed by atoms with Crippen LogP contribution in [0.2, 0.25) is 0 Å². The Morgan fingerprint density at radius 2 is 2.05 bits per heavy atom. The van der Waals surface area contributed by atoms with Crippen molar-refractivity contribution in [1.82, 2.24) is 10.3 Å². The predicted octanol–water partition coefficient (Wildman–Crippen LogP) is 3.71. The first-order valence-electron chi connectivity index (χ1n) is 8.10. The van der Waals surface area contributed by atoms with Gasteiger partial charge in [0.15, 0.2) is 0 Å². The highest BCUT2D eigenvalue weighted by Gasteiger charge is 2.23. The zero-order valence-electron chi connectivity index (χ0n) is 13.1. The van der Waals surface area contributed by atoms with Crippen molar-refractivity contribution in [3.05, 3.63) is 23.4 Å². The molecule has 1 N–H and O–H groups in total. The van der Waals surface area contributed by atoms with Crippen LogP contribution in [0.15, 0.2) is 12.1 Å². The molecule has 1 saturated carbocycles. The molecule has 3 nitrogen and oxygen atoms in total. The number of nitrogens with one attached hydrogen (secondary N) is 1. The number of aromatic nitrogens is 1. The molecule has 1 aromatic rings. The van der Waals surface area contributed by atoms with Crippen LogP contribution in [-0.2, 0) is 13.0 Å². The lowest BCUT2D eigenvalue weighted by molar-refractivity contribution is 0.0973. The second kappa shape index (κ2) is 7.63. The normalized spacial score (nSPS) is 22.8. The second-order valence-electron chi connectivity index (χ2n) is 5.86. The van der Waals surface area contributed by atoms with Gasteiger partial charge in [0.25, 0.3) is 0 Å². The maximum absolute atomic E-state index is 6.19. The van der Waals surface area contributed by atoms with E-state index in [-0.39, 0.29) is 0 Å². The van der Waals surface area contributed by atoms with E-state index in [1.54, 1.807) is 0 Å². The van der Waals surface area contributed by atoms with Crippen LogP contribution in [0, 0.1) is 5.92 Å². The van der Waals surface area contributed by atoms with E-state index in [1.165, 1.54) is 31.2 Å². The summed E-state index contributed by atoms with van der Waals surface area (Å²) < 4.78 is 6.19. The molecule has 2 atom stereocenters. The molecule has 0 aliphatic heterocycles. The van der Waals surface area contributed by atoms with Gasteiger partial charge in [0.05, 0.1) is 0 Å². The van der Waals surface area contributed by atoms with Gasteiger partial charge in [-0.05, 0) is 49.8 Å². The Hall–Kier alpha value is -1.09. The third-order valence-corrected chi connectivity index (χ3v) is 4.16. The number of rotatable bonds is 6. The van der Waals surface area contributed by atoms with Crippen LogP contribution in [0.5, 0.6) is 5.88 Å². The summed E-state index contributed by atoms with van der Waals surface area (Å²) in [5.41, 5.74) is 2.40. The Bertz CT molecular complexity index is 419. The summed E-state index contributed by atoms with van der Waals surface area (Å²) in [6.07, 6.45) is 6.37. The maximum atomic E-state index is 6.19. The van der Waals surface area contributed by atoms with E-state index in [9.17, 15) is 0 Å². The fourth-order valence-electron chi connectivity index (χ4n) is 2.85. The van der Waals surface area contributed by atoms with Gasteiger partial charge in [0, 0.05) is 18.3 Å². The first-order chi connectivity index (χ1) is 9.72. The summed E-state index contributed by atoms with van der Waals surface area (Å²) in [5, 5.41) is 3.37. The van der Waals surface area contributed by atoms with Crippen LogP contribution >= 0.6 is 0 Å². The molecule has 2 rings (SSSR count). The molecule has 0 aromatic carbocycles. The van der Waals surface area contributed by atoms with Gasteiger partial charge in [0.1, 0.15) is 6.10 Å². The molecule has 1 heterocycles. The molecule has 1 aromatic heterocycles. The molecule has 0 saturated heterocycles. The molecule has 112 valence electrons. The molecule has 0 spiro atoms. The van der Waals surface area contributed by atoms with E-state index in [2.05, 4.69) is 43.2 Å². The van der Waals surface area contributed by atoms with Crippen molar-refractivity contribution in [3.8, 4) is 5.88 Å². The van der Waals surface area contributed by atoms with E-state index >= 15 is 0 Å². The quantitative estimate of drug-likeness (QED) is 0.860. The zero-order valence-corrected chi connectivity index (χ0v) is 13.1. The smallest absolute Gasteiger partial charge is 0.214 e. The van der Waals surface area contributed by atoms with Crippen molar-refractivity contribution in [2.75, 3.05) is 6.54 Å². The van der Waals surface area contributed by atoms with Gasteiger partial charge in [-0.25, -0.2) is 4.98 Å². The lowest BCUT2D eigenvalue weighted by Gasteiger charge is -2.29. The number of ether oxygens (including phenoxy) is 1. The number of nitrogens with zero attached hydrogens (tertiary/aromatic N) is 1. The van der Waals surface area contributed by atoms with Crippen LogP contribution in [0.1, 0.15) is 57.7 Å². The first-order valence-corrected chi connectivity index (χ1v) is 8.10. The highest BCUT2D eigenvalue weighted by Crippen LogP contribution is 2.27. The topological polar surface area (TPSA) is 34.2 Å². The summed E-state index contributed by atoms with van der Waals surface area (Å²) in [5.74, 6) is 1.46. The summed E-state index contributed by atoms with van der Waals surface area (Å²) in [6.45, 7) is 8.45. The summed E-state index contributed by atoms with van der Waals surface area (Å²) in [6, 6.07) is 4.28. The van der Waals surface area contributed by atoms with Gasteiger partial charge in [-0.1, -0.05) is 27.2 Å². The minimum Gasteiger partial charge on any atom is -0.474 e. The van der Waals surface area contributed by atoms with E-state index in [0.717, 1.165) is 31.1 Å². The number of hydrogen-bond acceptors (Lipinski definition) is 3. The fraction of sp³-hybridized carbons (Fsp3) is 0.706. The third-order valence-electron chi connectivity index (χ3n) is 4.16. The molecular formula is C17H28N2O. The largest absolute Gasteiger partial charge is 0.474 e. The highest BCUT2D eigenvalue weighted by atomic mass is 16.5. The molecular weight excluding hydrogens is 248 g/mol. The van der Waals surface area contributed by atoms with Crippen molar-refractivity contribution in [2.45, 2.75) is 65.5 Å². The van der Waals surface area contributed by atoms with E-state index in [4.69, 9.17) is 4.74 Å². The zero-order chi connectivity index (χ0) is 14.4. The molecule has 20 heavy (non-hydrogen) atoms. The summed E-state index contributed by atoms with van der Waals surface area (Å²) >= 11 is 0. The molecule has 0 amide bonds. The Labute approximate surface area is 123 Å². The molecule has 3 heteroatoms. The molecule has 1 fully saturated rings. The third kappa shape index (κ3) is 4.20. The average Bonchev–Trinajstić information content (AvgIpc) is 2.47. The monoisotopic (exact) mass is 276 g/mol. The lowest BCUT2D eigenvalue weighted by atomic mass is 9.88. The Balaban J connectivity index is 2.08. The molecule has 0 radical (unpaired) electrons. The minimum absolute atomic E-state index is 0.343. The maximum Gasteiger partial charge on any atom is 0.214 e. The van der Waals surface area contributed by atoms with Crippen molar-refractivity contribution in [3.63, 3.8) is 0 Å². The van der Waals surface area contributed by atoms with Crippen LogP contribution in [0.4, 0.5) is 0 Å². The van der Waals surface area contributed by atoms with Crippen molar-refractivity contribution in [2.24, 2.45) is 5.92 Å². The first kappa shape index (κ1) is 15.3. The van der Waals surface area contributed by atoms with Gasteiger partial charge < -0.3 is 10.1 Å². The average molecular weight is 276 g/mol. The summed E-state index contributed by atoms with van der Waals surface area (Å²) in [4.78, 5) is 4.64. The lowest BCUT2D eigenvalue weighted by Crippen LogP contribution is -2.28. The van der Waals surface area contributed by atoms with Crippen LogP contribution in [0.3, 0.4) is 0 Å². The van der Waals surface area contributed by atoms with Crippen LogP contribution < -0.4 is 10.1 Å². The Kier molecular flexibility index (Phi) is 5.84. The molecule has 1 aliphatic rings. The van der Waals surface area contributed by atoms with Gasteiger partial charge in [-0.2, -0.15) is 0 Å². The van der Waals surface area contributed by atoms with Crippen molar-refractivity contribution >= 4 is 0 Å². The van der Waals surface area contributed by atoms with Gasteiger partial charge in [-0.15, -0.1) is 0 Å². The predicted molar refractivity (Wildman–Crippen MR) is 83.0 cm³/mol. The van der Waals surface area contributed by atoms with Crippen LogP contribution in [-0.4, -0.2) is 17.6 Å². The minimum atomic E-state index is 0.343. The Morgan fingerprint density at radius 1 is 1.25 bits per heavy atom. The van der Waals surface area contributed by atoms with E-state index < -0.39 is 0 Å². The molecule has 0 bridgehead atoms. The highest BCUT2D eigenvalue weighted by molar-refractivity contribution is 5.25. The number of hydrogen-bond donors (Lipinski definition) is 1. The number of aryl methyl sites for hydroxylation is 1. The fourth-order valence-corrected chi connectivity index (χ4v) is 2.85. The molecule has 2 unspecified atom stereocenters. The SMILES string of the molecule is CCNCc1cc(CC)nc(OC2CCCCC2C)c1. The molecule has 1 aliphatic carbocycles.